The van der Waals surface area contributed by atoms with Crippen LogP contribution in [0.2, 0.25) is 0 Å². The molecule has 1 heterocycles. The second-order valence-corrected chi connectivity index (χ2v) is 11.5. The zero-order chi connectivity index (χ0) is 27.6. The number of aromatic amines is 1. The van der Waals surface area contributed by atoms with Crippen LogP contribution in [-0.4, -0.2) is 4.98 Å². The smallest absolute Gasteiger partial charge is 0.0546 e. The lowest BCUT2D eigenvalue weighted by atomic mass is 9.82. The van der Waals surface area contributed by atoms with Gasteiger partial charge in [0.1, 0.15) is 0 Å². The van der Waals surface area contributed by atoms with Gasteiger partial charge in [-0.2, -0.15) is 0 Å². The van der Waals surface area contributed by atoms with Crippen molar-refractivity contribution < 1.29 is 0 Å². The van der Waals surface area contributed by atoms with Crippen molar-refractivity contribution in [2.45, 2.75) is 19.3 Å². The van der Waals surface area contributed by atoms with Crippen LogP contribution >= 0.6 is 0 Å². The Balaban J connectivity index is 1.42. The van der Waals surface area contributed by atoms with Crippen LogP contribution < -0.4 is 4.90 Å². The number of fused-ring (bicyclic) bond motifs is 6. The SMILES string of the molecule is CC1(C)c2ccccc2-c2cc(-c3cc(N(c4ccccc4)c4ccccc4)cc4c3[nH]c3ccccc34)ccc21. The minimum Gasteiger partial charge on any atom is -0.354 e. The third-order valence-electron chi connectivity index (χ3n) is 8.78. The van der Waals surface area contributed by atoms with Gasteiger partial charge in [-0.25, -0.2) is 0 Å². The van der Waals surface area contributed by atoms with Gasteiger partial charge in [-0.3, -0.25) is 0 Å². The van der Waals surface area contributed by atoms with Crippen molar-refractivity contribution in [1.29, 1.82) is 0 Å². The van der Waals surface area contributed by atoms with Crippen molar-refractivity contribution in [3.05, 3.63) is 151 Å². The van der Waals surface area contributed by atoms with Crippen LogP contribution in [0, 0.1) is 0 Å². The first kappa shape index (κ1) is 23.8. The minimum atomic E-state index is -0.0137. The first-order valence-electron chi connectivity index (χ1n) is 14.3. The summed E-state index contributed by atoms with van der Waals surface area (Å²) in [5.41, 5.74) is 13.6. The maximum Gasteiger partial charge on any atom is 0.0546 e. The molecule has 6 aromatic carbocycles. The molecule has 1 aliphatic carbocycles. The normalized spacial score (nSPS) is 13.3. The minimum absolute atomic E-state index is 0.0137. The Morgan fingerprint density at radius 1 is 0.488 bits per heavy atom. The fourth-order valence-corrected chi connectivity index (χ4v) is 6.78. The van der Waals surface area contributed by atoms with E-state index in [0.29, 0.717) is 0 Å². The van der Waals surface area contributed by atoms with Crippen molar-refractivity contribution in [1.82, 2.24) is 4.98 Å². The molecule has 0 amide bonds. The van der Waals surface area contributed by atoms with Crippen molar-refractivity contribution in [2.24, 2.45) is 0 Å². The molecule has 1 N–H and O–H groups in total. The molecule has 8 rings (SSSR count). The van der Waals surface area contributed by atoms with Gasteiger partial charge in [-0.05, 0) is 76.3 Å². The molecule has 0 atom stereocenters. The Labute approximate surface area is 240 Å². The van der Waals surface area contributed by atoms with Crippen molar-refractivity contribution in [3.8, 4) is 22.3 Å². The molecule has 7 aromatic rings. The number of H-pyrrole nitrogens is 1. The van der Waals surface area contributed by atoms with Crippen LogP contribution in [-0.2, 0) is 5.41 Å². The summed E-state index contributed by atoms with van der Waals surface area (Å²) in [7, 11) is 0. The highest BCUT2D eigenvalue weighted by Gasteiger charge is 2.35. The number of para-hydroxylation sites is 3. The van der Waals surface area contributed by atoms with Crippen LogP contribution in [0.4, 0.5) is 17.1 Å². The summed E-state index contributed by atoms with van der Waals surface area (Å²) < 4.78 is 0. The molecule has 0 fully saturated rings. The van der Waals surface area contributed by atoms with Crippen LogP contribution in [0.5, 0.6) is 0 Å². The third-order valence-corrected chi connectivity index (χ3v) is 8.78. The Morgan fingerprint density at radius 2 is 1.12 bits per heavy atom. The number of nitrogens with one attached hydrogen (secondary N) is 1. The van der Waals surface area contributed by atoms with E-state index in [4.69, 9.17) is 0 Å². The van der Waals surface area contributed by atoms with E-state index >= 15 is 0 Å². The molecule has 0 aliphatic heterocycles. The zero-order valence-electron chi connectivity index (χ0n) is 23.2. The molecule has 0 unspecified atom stereocenters. The highest BCUT2D eigenvalue weighted by Crippen LogP contribution is 2.50. The van der Waals surface area contributed by atoms with Gasteiger partial charge in [0.05, 0.1) is 5.52 Å². The van der Waals surface area contributed by atoms with Crippen molar-refractivity contribution >= 4 is 38.9 Å². The van der Waals surface area contributed by atoms with Gasteiger partial charge in [0.15, 0.2) is 0 Å². The number of rotatable bonds is 4. The fraction of sp³-hybridized carbons (Fsp3) is 0.0769. The average molecular weight is 527 g/mol. The molecule has 2 heteroatoms. The first-order valence-corrected chi connectivity index (χ1v) is 14.3. The fourth-order valence-electron chi connectivity index (χ4n) is 6.78. The maximum atomic E-state index is 3.78. The Morgan fingerprint density at radius 3 is 1.88 bits per heavy atom. The van der Waals surface area contributed by atoms with Gasteiger partial charge in [-0.15, -0.1) is 0 Å². The molecule has 1 aliphatic rings. The van der Waals surface area contributed by atoms with Crippen LogP contribution in [0.3, 0.4) is 0 Å². The van der Waals surface area contributed by atoms with Crippen LogP contribution in [0.25, 0.3) is 44.1 Å². The van der Waals surface area contributed by atoms with Crippen LogP contribution in [0.1, 0.15) is 25.0 Å². The van der Waals surface area contributed by atoms with E-state index in [9.17, 15) is 0 Å². The lowest BCUT2D eigenvalue weighted by molar-refractivity contribution is 0.660. The van der Waals surface area contributed by atoms with Gasteiger partial charge >= 0.3 is 0 Å². The highest BCUT2D eigenvalue weighted by atomic mass is 15.1. The summed E-state index contributed by atoms with van der Waals surface area (Å²) in [6.07, 6.45) is 0. The van der Waals surface area contributed by atoms with Crippen molar-refractivity contribution in [3.63, 3.8) is 0 Å². The summed E-state index contributed by atoms with van der Waals surface area (Å²) in [6, 6.07) is 50.5. The van der Waals surface area contributed by atoms with Gasteiger partial charge in [0, 0.05) is 44.3 Å². The third kappa shape index (κ3) is 3.64. The van der Waals surface area contributed by atoms with E-state index in [-0.39, 0.29) is 5.41 Å². The molecule has 2 nitrogen and oxygen atoms in total. The second-order valence-electron chi connectivity index (χ2n) is 11.5. The number of nitrogens with zero attached hydrogens (tertiary/aromatic N) is 1. The van der Waals surface area contributed by atoms with E-state index in [1.165, 1.54) is 49.7 Å². The molecule has 0 saturated carbocycles. The second kappa shape index (κ2) is 8.97. The number of aromatic nitrogens is 1. The molecule has 1 aromatic heterocycles. The molecule has 0 bridgehead atoms. The molecule has 41 heavy (non-hydrogen) atoms. The quantitative estimate of drug-likeness (QED) is 0.242. The standard InChI is InChI=1S/C39H30N2/c1-39(2)35-19-11-9-17-30(35)33-23-26(21-22-36(33)39)32-24-29(25-34-31-18-10-12-20-37(31)40-38(32)34)41(27-13-5-3-6-14-27)28-15-7-4-8-16-28/h3-25,40H,1-2H3. The van der Waals surface area contributed by atoms with Gasteiger partial charge in [0.2, 0.25) is 0 Å². The average Bonchev–Trinajstić information content (AvgIpc) is 3.50. The Bertz CT molecular complexity index is 2030. The van der Waals surface area contributed by atoms with E-state index in [2.05, 4.69) is 163 Å². The molecule has 0 saturated heterocycles. The summed E-state index contributed by atoms with van der Waals surface area (Å²) in [5, 5.41) is 2.46. The molecular weight excluding hydrogens is 496 g/mol. The summed E-state index contributed by atoms with van der Waals surface area (Å²) in [5.74, 6) is 0. The molecular formula is C39H30N2. The van der Waals surface area contributed by atoms with E-state index in [1.807, 2.05) is 0 Å². The summed E-state index contributed by atoms with van der Waals surface area (Å²) >= 11 is 0. The number of hydrogen-bond acceptors (Lipinski definition) is 1. The number of hydrogen-bond donors (Lipinski definition) is 1. The lowest BCUT2D eigenvalue weighted by Gasteiger charge is -2.26. The Hall–Kier alpha value is -5.08. The maximum absolute atomic E-state index is 3.78. The zero-order valence-corrected chi connectivity index (χ0v) is 23.2. The van der Waals surface area contributed by atoms with E-state index in [0.717, 1.165) is 22.6 Å². The van der Waals surface area contributed by atoms with Crippen LogP contribution in [0.15, 0.2) is 140 Å². The van der Waals surface area contributed by atoms with Gasteiger partial charge < -0.3 is 9.88 Å². The molecule has 0 radical (unpaired) electrons. The summed E-state index contributed by atoms with van der Waals surface area (Å²) in [6.45, 7) is 4.68. The topological polar surface area (TPSA) is 19.0 Å². The number of benzene rings is 6. The predicted molar refractivity (Wildman–Crippen MR) is 173 cm³/mol. The first-order chi connectivity index (χ1) is 20.1. The van der Waals surface area contributed by atoms with Crippen molar-refractivity contribution in [2.75, 3.05) is 4.90 Å². The Kier molecular flexibility index (Phi) is 5.20. The van der Waals surface area contributed by atoms with Gasteiger partial charge in [0.25, 0.3) is 0 Å². The number of anilines is 3. The van der Waals surface area contributed by atoms with E-state index < -0.39 is 0 Å². The molecule has 0 spiro atoms. The lowest BCUT2D eigenvalue weighted by Crippen LogP contribution is -2.14. The summed E-state index contributed by atoms with van der Waals surface area (Å²) in [4.78, 5) is 6.13. The predicted octanol–water partition coefficient (Wildman–Crippen LogP) is 10.8. The van der Waals surface area contributed by atoms with E-state index in [1.54, 1.807) is 0 Å². The van der Waals surface area contributed by atoms with Gasteiger partial charge in [-0.1, -0.05) is 105 Å². The monoisotopic (exact) mass is 526 g/mol. The highest BCUT2D eigenvalue weighted by molar-refractivity contribution is 6.14. The molecule has 196 valence electrons. The largest absolute Gasteiger partial charge is 0.354 e.